The lowest BCUT2D eigenvalue weighted by Crippen LogP contribution is -2.38. The maximum absolute atomic E-state index is 12.4. The van der Waals surface area contributed by atoms with E-state index in [1.165, 1.54) is 6.07 Å². The molecule has 4 N–H and O–H groups in total. The van der Waals surface area contributed by atoms with Crippen LogP contribution in [0, 0.1) is 6.92 Å². The Morgan fingerprint density at radius 2 is 2.21 bits per heavy atom. The molecule has 1 amide bonds. The number of aliphatic hydroxyl groups is 1. The van der Waals surface area contributed by atoms with Crippen molar-refractivity contribution >= 4 is 23.3 Å². The second kappa shape index (κ2) is 8.20. The van der Waals surface area contributed by atoms with Crippen LogP contribution in [0.1, 0.15) is 24.1 Å². The molecule has 0 spiro atoms. The molecule has 2 aromatic heterocycles. The van der Waals surface area contributed by atoms with Crippen LogP contribution < -0.4 is 16.4 Å². The second-order valence-corrected chi connectivity index (χ2v) is 6.59. The van der Waals surface area contributed by atoms with Gasteiger partial charge in [0.05, 0.1) is 12.6 Å². The fourth-order valence-corrected chi connectivity index (χ4v) is 3.03. The lowest BCUT2D eigenvalue weighted by molar-refractivity contribution is -0.122. The first kappa shape index (κ1) is 18.3. The third kappa shape index (κ3) is 4.30. The van der Waals surface area contributed by atoms with Crippen molar-refractivity contribution in [2.75, 3.05) is 18.6 Å². The first-order chi connectivity index (χ1) is 11.5. The molecule has 2 rings (SSSR count). The van der Waals surface area contributed by atoms with Gasteiger partial charge in [-0.05, 0) is 31.8 Å². The minimum absolute atomic E-state index is 0.109. The third-order valence-electron chi connectivity index (χ3n) is 3.82. The summed E-state index contributed by atoms with van der Waals surface area (Å²) in [6, 6.07) is 1.04. The first-order valence-corrected chi connectivity index (χ1v) is 9.08. The number of aliphatic hydroxyl groups excluding tert-OH is 1. The average Bonchev–Trinajstić information content (AvgIpc) is 2.91. The van der Waals surface area contributed by atoms with E-state index in [-0.39, 0.29) is 42.5 Å². The van der Waals surface area contributed by atoms with Crippen LogP contribution in [0.4, 0.5) is 0 Å². The van der Waals surface area contributed by atoms with Gasteiger partial charge in [0, 0.05) is 23.7 Å². The van der Waals surface area contributed by atoms with Crippen molar-refractivity contribution in [2.45, 2.75) is 32.2 Å². The van der Waals surface area contributed by atoms with E-state index in [0.29, 0.717) is 23.3 Å². The quantitative estimate of drug-likeness (QED) is 0.523. The molecule has 0 aromatic carbocycles. The van der Waals surface area contributed by atoms with Crippen molar-refractivity contribution in [3.8, 4) is 0 Å². The number of amides is 1. The summed E-state index contributed by atoms with van der Waals surface area (Å²) in [6.45, 7) is 1.63. The van der Waals surface area contributed by atoms with Crippen LogP contribution in [0.3, 0.4) is 0 Å². The van der Waals surface area contributed by atoms with E-state index < -0.39 is 0 Å². The van der Waals surface area contributed by atoms with E-state index in [1.807, 2.05) is 6.26 Å². The molecule has 24 heavy (non-hydrogen) atoms. The van der Waals surface area contributed by atoms with Crippen molar-refractivity contribution in [2.24, 2.45) is 0 Å². The van der Waals surface area contributed by atoms with Crippen molar-refractivity contribution in [1.29, 1.82) is 0 Å². The molecule has 8 nitrogen and oxygen atoms in total. The lowest BCUT2D eigenvalue weighted by atomic mass is 10.1. The van der Waals surface area contributed by atoms with Crippen molar-refractivity contribution in [3.63, 3.8) is 0 Å². The number of aromatic nitrogens is 3. The molecular weight excluding hydrogens is 332 g/mol. The molecule has 2 aromatic rings. The van der Waals surface area contributed by atoms with Gasteiger partial charge in [-0.15, -0.1) is 0 Å². The van der Waals surface area contributed by atoms with Crippen molar-refractivity contribution in [3.05, 3.63) is 38.0 Å². The Morgan fingerprint density at radius 3 is 2.88 bits per heavy atom. The minimum atomic E-state index is -0.364. The summed E-state index contributed by atoms with van der Waals surface area (Å²) < 4.78 is 1.15. The summed E-state index contributed by atoms with van der Waals surface area (Å²) in [5, 5.41) is 14.5. The maximum Gasteiger partial charge on any atom is 0.276 e. The molecule has 0 aliphatic carbocycles. The largest absolute Gasteiger partial charge is 0.394 e. The van der Waals surface area contributed by atoms with Gasteiger partial charge in [0.25, 0.3) is 11.1 Å². The third-order valence-corrected chi connectivity index (χ3v) is 4.46. The molecule has 0 radical (unpaired) electrons. The molecular formula is C15H22N4O4S. The SMILES string of the molecule is CSCC[C@@H](CO)NC(=O)CCc1c(C)[nH]c2cc(=O)[nH]n2c1=O. The van der Waals surface area contributed by atoms with Gasteiger partial charge in [-0.3, -0.25) is 19.5 Å². The zero-order valence-electron chi connectivity index (χ0n) is 13.7. The molecule has 9 heteroatoms. The number of hydrogen-bond donors (Lipinski definition) is 4. The number of fused-ring (bicyclic) bond motifs is 1. The minimum Gasteiger partial charge on any atom is -0.394 e. The molecule has 132 valence electrons. The number of aromatic amines is 2. The van der Waals surface area contributed by atoms with Crippen LogP contribution in [-0.4, -0.2) is 50.3 Å². The molecule has 0 saturated heterocycles. The molecule has 0 aliphatic heterocycles. The smallest absolute Gasteiger partial charge is 0.276 e. The van der Waals surface area contributed by atoms with Crippen LogP contribution in [0.25, 0.3) is 5.65 Å². The van der Waals surface area contributed by atoms with E-state index in [9.17, 15) is 19.5 Å². The Kier molecular flexibility index (Phi) is 6.27. The number of nitrogens with one attached hydrogen (secondary N) is 3. The van der Waals surface area contributed by atoms with Gasteiger partial charge in [-0.2, -0.15) is 11.8 Å². The van der Waals surface area contributed by atoms with E-state index in [2.05, 4.69) is 15.4 Å². The Morgan fingerprint density at radius 1 is 1.46 bits per heavy atom. The van der Waals surface area contributed by atoms with Crippen molar-refractivity contribution < 1.29 is 9.90 Å². The number of H-pyrrole nitrogens is 2. The molecule has 0 fully saturated rings. The summed E-state index contributed by atoms with van der Waals surface area (Å²) in [6.07, 6.45) is 3.05. The van der Waals surface area contributed by atoms with Gasteiger partial charge in [-0.25, -0.2) is 4.52 Å². The van der Waals surface area contributed by atoms with Crippen LogP contribution in [0.5, 0.6) is 0 Å². The van der Waals surface area contributed by atoms with Crippen LogP contribution in [-0.2, 0) is 11.2 Å². The summed E-state index contributed by atoms with van der Waals surface area (Å²) in [5.41, 5.74) is 0.782. The highest BCUT2D eigenvalue weighted by Crippen LogP contribution is 2.06. The number of rotatable bonds is 8. The Labute approximate surface area is 142 Å². The first-order valence-electron chi connectivity index (χ1n) is 7.69. The number of carbonyl (C=O) groups excluding carboxylic acids is 1. The molecule has 0 aliphatic rings. The van der Waals surface area contributed by atoms with Crippen LogP contribution in [0.15, 0.2) is 15.7 Å². The molecule has 0 bridgehead atoms. The van der Waals surface area contributed by atoms with E-state index in [0.717, 1.165) is 10.3 Å². The summed E-state index contributed by atoms with van der Waals surface area (Å²) in [7, 11) is 0. The fourth-order valence-electron chi connectivity index (χ4n) is 2.51. The van der Waals surface area contributed by atoms with Crippen LogP contribution in [0.2, 0.25) is 0 Å². The zero-order chi connectivity index (χ0) is 17.7. The summed E-state index contributed by atoms with van der Waals surface area (Å²) >= 11 is 1.65. The number of hydrogen-bond acceptors (Lipinski definition) is 5. The van der Waals surface area contributed by atoms with Gasteiger partial charge in [0.1, 0.15) is 5.65 Å². The monoisotopic (exact) mass is 354 g/mol. The predicted octanol–water partition coefficient (Wildman–Crippen LogP) is -0.213. The summed E-state index contributed by atoms with van der Waals surface area (Å²) in [4.78, 5) is 38.8. The number of carbonyl (C=O) groups is 1. The standard InChI is InChI=1S/C15H22N4O4S/c1-9-11(15(23)19-12(16-9)7-14(22)18-19)3-4-13(21)17-10(8-20)5-6-24-2/h7,10,16,20H,3-6,8H2,1-2H3,(H,17,21)(H,18,22)/t10-/m0/s1. The molecule has 2 heterocycles. The highest BCUT2D eigenvalue weighted by molar-refractivity contribution is 7.98. The van der Waals surface area contributed by atoms with Gasteiger partial charge in [0.15, 0.2) is 0 Å². The highest BCUT2D eigenvalue weighted by atomic mass is 32.2. The molecule has 1 atom stereocenters. The van der Waals surface area contributed by atoms with Gasteiger partial charge in [0.2, 0.25) is 5.91 Å². The number of thioether (sulfide) groups is 1. The predicted molar refractivity (Wildman–Crippen MR) is 93.7 cm³/mol. The topological polar surface area (TPSA) is 119 Å². The van der Waals surface area contributed by atoms with Gasteiger partial charge >= 0.3 is 0 Å². The maximum atomic E-state index is 12.4. The van der Waals surface area contributed by atoms with Gasteiger partial charge in [-0.1, -0.05) is 0 Å². The molecule has 0 unspecified atom stereocenters. The average molecular weight is 354 g/mol. The number of aryl methyl sites for hydroxylation is 1. The van der Waals surface area contributed by atoms with Gasteiger partial charge < -0.3 is 15.4 Å². The van der Waals surface area contributed by atoms with Crippen LogP contribution >= 0.6 is 11.8 Å². The highest BCUT2D eigenvalue weighted by Gasteiger charge is 2.14. The number of nitrogens with zero attached hydrogens (tertiary/aromatic N) is 1. The lowest BCUT2D eigenvalue weighted by Gasteiger charge is -2.15. The fraction of sp³-hybridized carbons (Fsp3) is 0.533. The second-order valence-electron chi connectivity index (χ2n) is 5.60. The zero-order valence-corrected chi connectivity index (χ0v) is 14.5. The van der Waals surface area contributed by atoms with Crippen molar-refractivity contribution in [1.82, 2.24) is 19.9 Å². The normalized spacial score (nSPS) is 12.5. The van der Waals surface area contributed by atoms with E-state index >= 15 is 0 Å². The summed E-state index contributed by atoms with van der Waals surface area (Å²) in [5.74, 6) is 0.636. The Hall–Kier alpha value is -2.00. The van der Waals surface area contributed by atoms with E-state index in [1.54, 1.807) is 18.7 Å². The molecule has 0 saturated carbocycles. The van der Waals surface area contributed by atoms with E-state index in [4.69, 9.17) is 0 Å². The Bertz CT molecular complexity index is 823. The Balaban J connectivity index is 2.06.